The molecule has 0 spiro atoms. The number of carbonyl (C=O) groups excluding carboxylic acids is 1. The summed E-state index contributed by atoms with van der Waals surface area (Å²) in [6.45, 7) is 0. The van der Waals surface area contributed by atoms with Crippen molar-refractivity contribution in [3.63, 3.8) is 0 Å². The van der Waals surface area contributed by atoms with E-state index in [0.29, 0.717) is 5.69 Å². The summed E-state index contributed by atoms with van der Waals surface area (Å²) in [6, 6.07) is 9.06. The Morgan fingerprint density at radius 3 is 2.42 bits per heavy atom. The highest BCUT2D eigenvalue weighted by Crippen LogP contribution is 2.11. The number of amides is 1. The van der Waals surface area contributed by atoms with Crippen molar-refractivity contribution in [3.8, 4) is 0 Å². The van der Waals surface area contributed by atoms with Crippen LogP contribution < -0.4 is 16.2 Å². The molecule has 0 saturated carbocycles. The second-order valence-electron chi connectivity index (χ2n) is 3.65. The number of rotatable bonds is 5. The van der Waals surface area contributed by atoms with Gasteiger partial charge in [0.15, 0.2) is 11.4 Å². The highest BCUT2D eigenvalue weighted by molar-refractivity contribution is 7.80. The van der Waals surface area contributed by atoms with Gasteiger partial charge in [0, 0.05) is 14.2 Å². The number of methoxy groups -OCH3 is 2. The van der Waals surface area contributed by atoms with Gasteiger partial charge in [0.25, 0.3) is 0 Å². The molecule has 1 rings (SSSR count). The van der Waals surface area contributed by atoms with E-state index >= 15 is 0 Å². The van der Waals surface area contributed by atoms with Gasteiger partial charge in [-0.3, -0.25) is 10.2 Å². The van der Waals surface area contributed by atoms with Crippen LogP contribution in [-0.4, -0.2) is 31.5 Å². The molecule has 1 aromatic carbocycles. The molecule has 0 aromatic heterocycles. The smallest absolute Gasteiger partial charge is 0.243 e. The molecule has 0 aliphatic rings. The van der Waals surface area contributed by atoms with Crippen LogP contribution in [-0.2, 0) is 14.3 Å². The molecule has 6 nitrogen and oxygen atoms in total. The summed E-state index contributed by atoms with van der Waals surface area (Å²) in [7, 11) is 2.92. The molecular formula is C12H17N3O3S. The lowest BCUT2D eigenvalue weighted by atomic mass is 10.3. The summed E-state index contributed by atoms with van der Waals surface area (Å²) in [6.07, 6.45) is -0.567. The van der Waals surface area contributed by atoms with Crippen molar-refractivity contribution in [1.82, 2.24) is 5.43 Å². The first kappa shape index (κ1) is 15.4. The summed E-state index contributed by atoms with van der Waals surface area (Å²) in [5.74, 6) is -0.314. The third-order valence-electron chi connectivity index (χ3n) is 2.35. The normalized spacial score (nSPS) is 10.3. The van der Waals surface area contributed by atoms with Crippen LogP contribution in [0.5, 0.6) is 0 Å². The molecule has 0 fully saturated rings. The summed E-state index contributed by atoms with van der Waals surface area (Å²) in [4.78, 5) is 11.8. The highest BCUT2D eigenvalue weighted by atomic mass is 32.1. The Morgan fingerprint density at radius 2 is 1.95 bits per heavy atom. The molecule has 19 heavy (non-hydrogen) atoms. The Hall–Kier alpha value is -1.70. The Morgan fingerprint density at radius 1 is 1.37 bits per heavy atom. The molecule has 104 valence electrons. The molecule has 3 N–H and O–H groups in total. The van der Waals surface area contributed by atoms with E-state index in [2.05, 4.69) is 5.43 Å². The van der Waals surface area contributed by atoms with Crippen molar-refractivity contribution >= 4 is 28.9 Å². The highest BCUT2D eigenvalue weighted by Gasteiger charge is 2.16. The number of benzene rings is 1. The Bertz CT molecular complexity index is 423. The van der Waals surface area contributed by atoms with E-state index in [1.54, 1.807) is 12.1 Å². The maximum Gasteiger partial charge on any atom is 0.243 e. The van der Waals surface area contributed by atoms with E-state index in [4.69, 9.17) is 27.4 Å². The van der Waals surface area contributed by atoms with Crippen LogP contribution in [0.25, 0.3) is 0 Å². The predicted molar refractivity (Wildman–Crippen MR) is 76.3 cm³/mol. The van der Waals surface area contributed by atoms with E-state index in [9.17, 15) is 4.79 Å². The summed E-state index contributed by atoms with van der Waals surface area (Å²) in [5, 5.41) is 1.38. The third kappa shape index (κ3) is 4.82. The number of thiocarbonyl (C=S) groups is 1. The molecule has 0 saturated heterocycles. The number of ether oxygens (including phenoxy) is 2. The van der Waals surface area contributed by atoms with Crippen LogP contribution in [0, 0.1) is 0 Å². The second-order valence-corrected chi connectivity index (χ2v) is 4.07. The molecule has 0 aliphatic heterocycles. The SMILES string of the molecule is COC(CC(=O)NN(C(N)=S)c1ccccc1)OC. The van der Waals surface area contributed by atoms with Crippen LogP contribution in [0.3, 0.4) is 0 Å². The second kappa shape index (κ2) is 7.67. The fourth-order valence-corrected chi connectivity index (χ4v) is 1.56. The van der Waals surface area contributed by atoms with Crippen LogP contribution in [0.4, 0.5) is 5.69 Å². The van der Waals surface area contributed by atoms with Crippen molar-refractivity contribution in [2.75, 3.05) is 19.2 Å². The zero-order valence-corrected chi connectivity index (χ0v) is 11.6. The lowest BCUT2D eigenvalue weighted by molar-refractivity contribution is -0.139. The standard InChI is InChI=1S/C12H17N3O3S/c1-17-11(18-2)8-10(16)14-15(12(13)19)9-6-4-3-5-7-9/h3-7,11H,8H2,1-2H3,(H2,13,19)(H,14,16). The van der Waals surface area contributed by atoms with Crippen molar-refractivity contribution in [3.05, 3.63) is 30.3 Å². The van der Waals surface area contributed by atoms with Gasteiger partial charge in [-0.05, 0) is 24.4 Å². The third-order valence-corrected chi connectivity index (χ3v) is 2.53. The molecule has 0 aliphatic carbocycles. The van der Waals surface area contributed by atoms with Crippen molar-refractivity contribution in [1.29, 1.82) is 0 Å². The molecule has 1 amide bonds. The number of hydrogen-bond donors (Lipinski definition) is 2. The summed E-state index contributed by atoms with van der Waals surface area (Å²) >= 11 is 4.91. The zero-order valence-electron chi connectivity index (χ0n) is 10.8. The van der Waals surface area contributed by atoms with Gasteiger partial charge in [-0.1, -0.05) is 18.2 Å². The maximum atomic E-state index is 11.8. The topological polar surface area (TPSA) is 76.8 Å². The fraction of sp³-hybridized carbons (Fsp3) is 0.333. The average Bonchev–Trinajstić information content (AvgIpc) is 2.42. The van der Waals surface area contributed by atoms with Gasteiger partial charge >= 0.3 is 0 Å². The fourth-order valence-electron chi connectivity index (χ4n) is 1.41. The van der Waals surface area contributed by atoms with E-state index in [0.717, 1.165) is 0 Å². The Balaban J connectivity index is 2.70. The monoisotopic (exact) mass is 283 g/mol. The van der Waals surface area contributed by atoms with Crippen molar-refractivity contribution in [2.24, 2.45) is 5.73 Å². The van der Waals surface area contributed by atoms with Gasteiger partial charge in [-0.2, -0.15) is 0 Å². The number of hydrogen-bond acceptors (Lipinski definition) is 4. The molecule has 1 aromatic rings. The number of carbonyl (C=O) groups is 1. The lowest BCUT2D eigenvalue weighted by Crippen LogP contribution is -2.49. The van der Waals surface area contributed by atoms with E-state index in [1.807, 2.05) is 18.2 Å². The summed E-state index contributed by atoms with van der Waals surface area (Å²) < 4.78 is 9.90. The van der Waals surface area contributed by atoms with Gasteiger partial charge in [0.2, 0.25) is 5.91 Å². The molecule has 0 bridgehead atoms. The van der Waals surface area contributed by atoms with Gasteiger partial charge in [-0.15, -0.1) is 0 Å². The minimum Gasteiger partial charge on any atom is -0.374 e. The predicted octanol–water partition coefficient (Wildman–Crippen LogP) is 0.777. The number of para-hydroxylation sites is 1. The zero-order chi connectivity index (χ0) is 14.3. The lowest BCUT2D eigenvalue weighted by Gasteiger charge is -2.24. The van der Waals surface area contributed by atoms with Crippen molar-refractivity contribution < 1.29 is 14.3 Å². The summed E-state index contributed by atoms with van der Waals surface area (Å²) in [5.41, 5.74) is 8.87. The maximum absolute atomic E-state index is 11.8. The Labute approximate surface area is 117 Å². The van der Waals surface area contributed by atoms with Gasteiger partial charge in [-0.25, -0.2) is 5.01 Å². The molecular weight excluding hydrogens is 266 g/mol. The molecule has 7 heteroatoms. The molecule has 0 unspecified atom stereocenters. The number of hydrazine groups is 1. The molecule has 0 atom stereocenters. The largest absolute Gasteiger partial charge is 0.374 e. The van der Waals surface area contributed by atoms with Gasteiger partial charge in [0.1, 0.15) is 0 Å². The van der Waals surface area contributed by atoms with Gasteiger partial charge in [0.05, 0.1) is 12.1 Å². The molecule has 0 radical (unpaired) electrons. The number of nitrogens with zero attached hydrogens (tertiary/aromatic N) is 1. The first-order valence-corrected chi connectivity index (χ1v) is 5.99. The van der Waals surface area contributed by atoms with Crippen molar-refractivity contribution in [2.45, 2.75) is 12.7 Å². The molecule has 0 heterocycles. The van der Waals surface area contributed by atoms with E-state index < -0.39 is 6.29 Å². The van der Waals surface area contributed by atoms with Crippen LogP contribution in [0.1, 0.15) is 6.42 Å². The first-order valence-electron chi connectivity index (χ1n) is 5.58. The Kier molecular flexibility index (Phi) is 6.20. The number of nitrogens with one attached hydrogen (secondary N) is 1. The van der Waals surface area contributed by atoms with Crippen LogP contribution in [0.2, 0.25) is 0 Å². The van der Waals surface area contributed by atoms with Gasteiger partial charge < -0.3 is 15.2 Å². The quantitative estimate of drug-likeness (QED) is 0.472. The average molecular weight is 283 g/mol. The van der Waals surface area contributed by atoms with E-state index in [1.165, 1.54) is 19.2 Å². The van der Waals surface area contributed by atoms with Crippen LogP contribution >= 0.6 is 12.2 Å². The minimum atomic E-state index is -0.607. The minimum absolute atomic E-state index is 0.0406. The van der Waals surface area contributed by atoms with Crippen LogP contribution in [0.15, 0.2) is 30.3 Å². The first-order chi connectivity index (χ1) is 9.08. The van der Waals surface area contributed by atoms with E-state index in [-0.39, 0.29) is 17.4 Å². The number of anilines is 1. The number of nitrogens with two attached hydrogens (primary N) is 1.